The van der Waals surface area contributed by atoms with E-state index in [1.165, 1.54) is 11.8 Å². The van der Waals surface area contributed by atoms with E-state index in [9.17, 15) is 24.0 Å². The van der Waals surface area contributed by atoms with Gasteiger partial charge in [-0.1, -0.05) is 36.4 Å². The molecule has 0 aliphatic heterocycles. The first-order valence-electron chi connectivity index (χ1n) is 10.4. The van der Waals surface area contributed by atoms with Gasteiger partial charge < -0.3 is 15.7 Å². The number of nitrogens with one attached hydrogen (secondary N) is 2. The fourth-order valence-corrected chi connectivity index (χ4v) is 4.25. The van der Waals surface area contributed by atoms with E-state index in [1.54, 1.807) is 66.7 Å². The number of aliphatic carboxylic acids is 1. The Morgan fingerprint density at radius 2 is 1.43 bits per heavy atom. The highest BCUT2D eigenvalue weighted by Crippen LogP contribution is 2.32. The van der Waals surface area contributed by atoms with Crippen LogP contribution in [0, 0.1) is 0 Å². The molecule has 35 heavy (non-hydrogen) atoms. The second kappa shape index (κ2) is 10.2. The van der Waals surface area contributed by atoms with Gasteiger partial charge in [0, 0.05) is 39.4 Å². The van der Waals surface area contributed by atoms with Crippen molar-refractivity contribution in [1.29, 1.82) is 0 Å². The normalized spacial score (nSPS) is 12.1. The Kier molecular flexibility index (Phi) is 6.88. The Labute approximate surface area is 204 Å². The smallest absolute Gasteiger partial charge is 0.328 e. The number of thioether (sulfide) groups is 1. The van der Waals surface area contributed by atoms with E-state index < -0.39 is 11.9 Å². The third-order valence-corrected chi connectivity index (χ3v) is 6.11. The molecule has 0 atom stereocenters. The predicted octanol–water partition coefficient (Wildman–Crippen LogP) is 3.77. The summed E-state index contributed by atoms with van der Waals surface area (Å²) in [5.41, 5.74) is 1.86. The van der Waals surface area contributed by atoms with Crippen molar-refractivity contribution in [3.63, 3.8) is 0 Å². The molecule has 0 heterocycles. The van der Waals surface area contributed by atoms with Gasteiger partial charge in [0.1, 0.15) is 0 Å². The molecule has 0 radical (unpaired) electrons. The first kappa shape index (κ1) is 23.7. The lowest BCUT2D eigenvalue weighted by Crippen LogP contribution is -2.24. The van der Waals surface area contributed by atoms with E-state index in [4.69, 9.17) is 5.11 Å². The maximum absolute atomic E-state index is 13.0. The molecule has 2 amide bonds. The maximum atomic E-state index is 13.0. The monoisotopic (exact) mass is 486 g/mol. The topological polar surface area (TPSA) is 130 Å². The molecule has 0 spiro atoms. The van der Waals surface area contributed by atoms with Crippen molar-refractivity contribution in [1.82, 2.24) is 0 Å². The summed E-state index contributed by atoms with van der Waals surface area (Å²) in [6.45, 7) is 0. The molecule has 3 aromatic carbocycles. The van der Waals surface area contributed by atoms with Gasteiger partial charge in [0.25, 0.3) is 0 Å². The van der Waals surface area contributed by atoms with Gasteiger partial charge in [-0.15, -0.1) is 11.8 Å². The number of hydrogen-bond donors (Lipinski definition) is 3. The lowest BCUT2D eigenvalue weighted by molar-refractivity contribution is -0.131. The number of hydrogen-bond acceptors (Lipinski definition) is 6. The number of carbonyl (C=O) groups excluding carboxylic acids is 4. The molecule has 0 unspecified atom stereocenters. The van der Waals surface area contributed by atoms with E-state index in [0.29, 0.717) is 16.8 Å². The largest absolute Gasteiger partial charge is 0.478 e. The quantitative estimate of drug-likeness (QED) is 0.268. The highest BCUT2D eigenvalue weighted by Gasteiger charge is 2.31. The number of benzene rings is 3. The van der Waals surface area contributed by atoms with Crippen molar-refractivity contribution in [3.05, 3.63) is 101 Å². The van der Waals surface area contributed by atoms with Crippen LogP contribution in [0.4, 0.5) is 11.4 Å². The van der Waals surface area contributed by atoms with Crippen molar-refractivity contribution in [2.75, 3.05) is 16.4 Å². The average Bonchev–Trinajstić information content (AvgIpc) is 2.85. The maximum Gasteiger partial charge on any atom is 0.328 e. The molecular weight excluding hydrogens is 468 g/mol. The van der Waals surface area contributed by atoms with E-state index in [1.807, 2.05) is 0 Å². The lowest BCUT2D eigenvalue weighted by atomic mass is 9.83. The van der Waals surface area contributed by atoms with Crippen molar-refractivity contribution >= 4 is 52.5 Å². The summed E-state index contributed by atoms with van der Waals surface area (Å²) in [6.07, 6.45) is 1.65. The standard InChI is InChI=1S/C26H18N2O6S/c29-21(12-13-23(31)32)27-15-8-10-16(11-9-15)35-14-22(30)28-20-7-3-6-19-24(20)26(34)18-5-2-1-4-17(18)25(19)33/h1-13H,14H2,(H,27,29)(H,28,30)(H,31,32)/b13-12+. The number of ketones is 2. The van der Waals surface area contributed by atoms with Crippen LogP contribution in [-0.4, -0.2) is 40.2 Å². The molecular formula is C26H18N2O6S. The minimum absolute atomic E-state index is 0.0510. The summed E-state index contributed by atoms with van der Waals surface area (Å²) in [6, 6.07) is 18.1. The first-order valence-corrected chi connectivity index (χ1v) is 11.4. The zero-order valence-corrected chi connectivity index (χ0v) is 18.9. The summed E-state index contributed by atoms with van der Waals surface area (Å²) in [7, 11) is 0. The molecule has 174 valence electrons. The van der Waals surface area contributed by atoms with E-state index in [0.717, 1.165) is 17.0 Å². The van der Waals surface area contributed by atoms with E-state index in [2.05, 4.69) is 10.6 Å². The number of carboxylic acids is 1. The second-order valence-electron chi connectivity index (χ2n) is 7.45. The Bertz CT molecular complexity index is 1400. The van der Waals surface area contributed by atoms with Crippen LogP contribution in [0.1, 0.15) is 31.8 Å². The van der Waals surface area contributed by atoms with Gasteiger partial charge in [-0.3, -0.25) is 19.2 Å². The van der Waals surface area contributed by atoms with Crippen molar-refractivity contribution in [2.24, 2.45) is 0 Å². The molecule has 0 bridgehead atoms. The highest BCUT2D eigenvalue weighted by molar-refractivity contribution is 8.00. The van der Waals surface area contributed by atoms with Crippen molar-refractivity contribution < 1.29 is 29.1 Å². The molecule has 3 aromatic rings. The van der Waals surface area contributed by atoms with Crippen LogP contribution in [0.2, 0.25) is 0 Å². The van der Waals surface area contributed by atoms with Crippen LogP contribution < -0.4 is 10.6 Å². The predicted molar refractivity (Wildman–Crippen MR) is 131 cm³/mol. The number of fused-ring (bicyclic) bond motifs is 2. The molecule has 4 rings (SSSR count). The molecule has 8 nitrogen and oxygen atoms in total. The molecule has 0 saturated heterocycles. The molecule has 1 aliphatic rings. The SMILES string of the molecule is O=C(O)/C=C/C(=O)Nc1ccc(SCC(=O)Nc2cccc3c2C(=O)c2ccccc2C3=O)cc1. The summed E-state index contributed by atoms with van der Waals surface area (Å²) >= 11 is 1.25. The molecule has 0 saturated carbocycles. The van der Waals surface area contributed by atoms with Gasteiger partial charge in [-0.2, -0.15) is 0 Å². The Balaban J connectivity index is 1.40. The van der Waals surface area contributed by atoms with Gasteiger partial charge in [0.15, 0.2) is 11.6 Å². The van der Waals surface area contributed by atoms with Crippen LogP contribution in [-0.2, 0) is 14.4 Å². The summed E-state index contributed by atoms with van der Waals surface area (Å²) in [5, 5.41) is 13.8. The van der Waals surface area contributed by atoms with Crippen LogP contribution in [0.25, 0.3) is 0 Å². The first-order chi connectivity index (χ1) is 16.8. The van der Waals surface area contributed by atoms with Crippen LogP contribution in [0.3, 0.4) is 0 Å². The molecule has 3 N–H and O–H groups in total. The molecule has 9 heteroatoms. The van der Waals surface area contributed by atoms with Gasteiger partial charge >= 0.3 is 5.97 Å². The minimum Gasteiger partial charge on any atom is -0.478 e. The summed E-state index contributed by atoms with van der Waals surface area (Å²) in [4.78, 5) is 61.3. The Morgan fingerprint density at radius 3 is 2.11 bits per heavy atom. The fourth-order valence-electron chi connectivity index (χ4n) is 3.55. The van der Waals surface area contributed by atoms with E-state index in [-0.39, 0.29) is 40.0 Å². The molecule has 0 fully saturated rings. The van der Waals surface area contributed by atoms with Crippen LogP contribution in [0.5, 0.6) is 0 Å². The molecule has 0 aromatic heterocycles. The average molecular weight is 487 g/mol. The Hall–Kier alpha value is -4.50. The minimum atomic E-state index is -1.22. The third kappa shape index (κ3) is 5.36. The molecule has 1 aliphatic carbocycles. The highest BCUT2D eigenvalue weighted by atomic mass is 32.2. The van der Waals surface area contributed by atoms with Crippen molar-refractivity contribution in [2.45, 2.75) is 4.90 Å². The number of amides is 2. The second-order valence-corrected chi connectivity index (χ2v) is 8.50. The number of rotatable bonds is 7. The summed E-state index contributed by atoms with van der Waals surface area (Å²) in [5.74, 6) is -2.66. The zero-order chi connectivity index (χ0) is 24.9. The van der Waals surface area contributed by atoms with Gasteiger partial charge in [0.05, 0.1) is 17.0 Å². The fraction of sp³-hybridized carbons (Fsp3) is 0.0385. The van der Waals surface area contributed by atoms with Gasteiger partial charge in [-0.05, 0) is 30.3 Å². The zero-order valence-electron chi connectivity index (χ0n) is 18.1. The number of carboxylic acid groups (broad SMARTS) is 1. The van der Waals surface area contributed by atoms with Gasteiger partial charge in [-0.25, -0.2) is 4.79 Å². The third-order valence-electron chi connectivity index (χ3n) is 5.10. The summed E-state index contributed by atoms with van der Waals surface area (Å²) < 4.78 is 0. The Morgan fingerprint density at radius 1 is 0.771 bits per heavy atom. The lowest BCUT2D eigenvalue weighted by Gasteiger charge is -2.20. The van der Waals surface area contributed by atoms with E-state index >= 15 is 0 Å². The van der Waals surface area contributed by atoms with Crippen LogP contribution in [0.15, 0.2) is 83.8 Å². The van der Waals surface area contributed by atoms with Crippen LogP contribution >= 0.6 is 11.8 Å². The number of carbonyl (C=O) groups is 5. The van der Waals surface area contributed by atoms with Crippen molar-refractivity contribution in [3.8, 4) is 0 Å². The number of anilines is 2. The van der Waals surface area contributed by atoms with Gasteiger partial charge in [0.2, 0.25) is 11.8 Å².